The van der Waals surface area contributed by atoms with Gasteiger partial charge in [0.05, 0.1) is 12.8 Å². The van der Waals surface area contributed by atoms with Crippen molar-refractivity contribution in [1.82, 2.24) is 10.3 Å². The van der Waals surface area contributed by atoms with Crippen LogP contribution < -0.4 is 10.1 Å². The van der Waals surface area contributed by atoms with E-state index in [0.717, 1.165) is 42.1 Å². The zero-order valence-electron chi connectivity index (χ0n) is 12.1. The van der Waals surface area contributed by atoms with Crippen LogP contribution >= 0.6 is 0 Å². The van der Waals surface area contributed by atoms with Gasteiger partial charge in [-0.05, 0) is 38.5 Å². The summed E-state index contributed by atoms with van der Waals surface area (Å²) < 4.78 is 5.41. The summed E-state index contributed by atoms with van der Waals surface area (Å²) in [4.78, 5) is 4.48. The summed E-state index contributed by atoms with van der Waals surface area (Å²) in [6, 6.07) is 0. The van der Waals surface area contributed by atoms with E-state index in [4.69, 9.17) is 9.84 Å². The molecule has 0 saturated heterocycles. The first kappa shape index (κ1) is 14.3. The molecule has 1 fully saturated rings. The molecule has 0 bridgehead atoms. The maximum Gasteiger partial charge on any atom is 0.128 e. The minimum absolute atomic E-state index is 0.289. The first-order valence-corrected chi connectivity index (χ1v) is 6.92. The minimum atomic E-state index is 0.289. The van der Waals surface area contributed by atoms with Gasteiger partial charge in [-0.15, -0.1) is 0 Å². The Hall–Kier alpha value is -1.13. The third-order valence-corrected chi connectivity index (χ3v) is 4.14. The summed E-state index contributed by atoms with van der Waals surface area (Å²) >= 11 is 0. The molecule has 1 aliphatic carbocycles. The van der Waals surface area contributed by atoms with E-state index in [1.54, 1.807) is 7.11 Å². The molecule has 0 aliphatic heterocycles. The lowest BCUT2D eigenvalue weighted by molar-refractivity contribution is 0.245. The first-order chi connectivity index (χ1) is 9.12. The number of ether oxygens (including phenoxy) is 1. The van der Waals surface area contributed by atoms with E-state index >= 15 is 0 Å². The van der Waals surface area contributed by atoms with Gasteiger partial charge < -0.3 is 15.2 Å². The topological polar surface area (TPSA) is 54.4 Å². The number of pyridine rings is 1. The summed E-state index contributed by atoms with van der Waals surface area (Å²) in [5.41, 5.74) is 3.57. The smallest absolute Gasteiger partial charge is 0.128 e. The van der Waals surface area contributed by atoms with Crippen LogP contribution in [0.3, 0.4) is 0 Å². The van der Waals surface area contributed by atoms with Gasteiger partial charge in [-0.3, -0.25) is 4.98 Å². The maximum atomic E-state index is 9.04. The highest BCUT2D eigenvalue weighted by molar-refractivity contribution is 5.40. The molecule has 1 saturated carbocycles. The van der Waals surface area contributed by atoms with Crippen LogP contribution in [0, 0.1) is 19.3 Å². The van der Waals surface area contributed by atoms with Gasteiger partial charge in [-0.25, -0.2) is 0 Å². The SMILES string of the molecule is COc1c(C)cnc(CNCC2(CCO)CC2)c1C. The van der Waals surface area contributed by atoms with Crippen molar-refractivity contribution in [2.24, 2.45) is 5.41 Å². The molecule has 0 amide bonds. The van der Waals surface area contributed by atoms with Crippen molar-refractivity contribution in [3.8, 4) is 5.75 Å². The third kappa shape index (κ3) is 3.25. The number of hydrogen-bond acceptors (Lipinski definition) is 4. The predicted octanol–water partition coefficient (Wildman–Crippen LogP) is 1.96. The lowest BCUT2D eigenvalue weighted by Gasteiger charge is -2.16. The number of methoxy groups -OCH3 is 1. The van der Waals surface area contributed by atoms with Crippen molar-refractivity contribution in [1.29, 1.82) is 0 Å². The van der Waals surface area contributed by atoms with E-state index in [2.05, 4.69) is 17.2 Å². The fraction of sp³-hybridized carbons (Fsp3) is 0.667. The van der Waals surface area contributed by atoms with Crippen molar-refractivity contribution in [2.45, 2.75) is 39.7 Å². The Balaban J connectivity index is 1.93. The molecule has 1 heterocycles. The predicted molar refractivity (Wildman–Crippen MR) is 75.3 cm³/mol. The van der Waals surface area contributed by atoms with Crippen LogP contribution in [0.5, 0.6) is 5.75 Å². The van der Waals surface area contributed by atoms with Gasteiger partial charge in [0, 0.05) is 37.0 Å². The highest BCUT2D eigenvalue weighted by Gasteiger charge is 2.41. The fourth-order valence-corrected chi connectivity index (χ4v) is 2.62. The molecule has 2 rings (SSSR count). The Kier molecular flexibility index (Phi) is 4.42. The monoisotopic (exact) mass is 264 g/mol. The molecule has 2 N–H and O–H groups in total. The Morgan fingerprint density at radius 3 is 2.74 bits per heavy atom. The van der Waals surface area contributed by atoms with Crippen LogP contribution in [0.15, 0.2) is 6.20 Å². The summed E-state index contributed by atoms with van der Waals surface area (Å²) in [5.74, 6) is 0.934. The molecule has 1 aromatic rings. The van der Waals surface area contributed by atoms with E-state index in [-0.39, 0.29) is 6.61 Å². The number of aromatic nitrogens is 1. The molecule has 0 radical (unpaired) electrons. The van der Waals surface area contributed by atoms with Gasteiger partial charge in [-0.1, -0.05) is 0 Å². The normalized spacial score (nSPS) is 16.4. The lowest BCUT2D eigenvalue weighted by Crippen LogP contribution is -2.25. The Labute approximate surface area is 115 Å². The zero-order valence-corrected chi connectivity index (χ0v) is 12.1. The second kappa shape index (κ2) is 5.88. The van der Waals surface area contributed by atoms with E-state index in [1.807, 2.05) is 13.1 Å². The van der Waals surface area contributed by atoms with E-state index in [9.17, 15) is 0 Å². The van der Waals surface area contributed by atoms with Gasteiger partial charge in [0.25, 0.3) is 0 Å². The summed E-state index contributed by atoms with van der Waals surface area (Å²) in [6.45, 7) is 6.07. The maximum absolute atomic E-state index is 9.04. The Bertz CT molecular complexity index is 442. The van der Waals surface area contributed by atoms with Crippen LogP contribution in [-0.4, -0.2) is 30.4 Å². The molecule has 1 aliphatic rings. The molecule has 0 aromatic carbocycles. The van der Waals surface area contributed by atoms with E-state index in [1.165, 1.54) is 12.8 Å². The second-order valence-electron chi connectivity index (χ2n) is 5.62. The second-order valence-corrected chi connectivity index (χ2v) is 5.62. The van der Waals surface area contributed by atoms with E-state index in [0.29, 0.717) is 5.41 Å². The molecule has 0 spiro atoms. The van der Waals surface area contributed by atoms with Crippen molar-refractivity contribution in [3.05, 3.63) is 23.0 Å². The summed E-state index contributed by atoms with van der Waals surface area (Å²) in [6.07, 6.45) is 5.22. The van der Waals surface area contributed by atoms with Crippen LogP contribution in [0.25, 0.3) is 0 Å². The average molecular weight is 264 g/mol. The summed E-state index contributed by atoms with van der Waals surface area (Å²) in [7, 11) is 1.70. The number of aliphatic hydroxyl groups is 1. The average Bonchev–Trinajstić information content (AvgIpc) is 3.13. The molecule has 0 atom stereocenters. The molecule has 19 heavy (non-hydrogen) atoms. The zero-order chi connectivity index (χ0) is 13.9. The Morgan fingerprint density at radius 2 is 2.16 bits per heavy atom. The quantitative estimate of drug-likeness (QED) is 0.790. The number of nitrogens with zero attached hydrogens (tertiary/aromatic N) is 1. The Morgan fingerprint density at radius 1 is 1.42 bits per heavy atom. The number of aryl methyl sites for hydroxylation is 1. The van der Waals surface area contributed by atoms with Gasteiger partial charge >= 0.3 is 0 Å². The van der Waals surface area contributed by atoms with Crippen LogP contribution in [-0.2, 0) is 6.54 Å². The molecule has 106 valence electrons. The van der Waals surface area contributed by atoms with E-state index < -0.39 is 0 Å². The first-order valence-electron chi connectivity index (χ1n) is 6.92. The molecular weight excluding hydrogens is 240 g/mol. The van der Waals surface area contributed by atoms with Crippen molar-refractivity contribution < 1.29 is 9.84 Å². The lowest BCUT2D eigenvalue weighted by atomic mass is 10.0. The van der Waals surface area contributed by atoms with Gasteiger partial charge in [-0.2, -0.15) is 0 Å². The van der Waals surface area contributed by atoms with Gasteiger partial charge in [0.1, 0.15) is 5.75 Å². The highest BCUT2D eigenvalue weighted by Crippen LogP contribution is 2.47. The third-order valence-electron chi connectivity index (χ3n) is 4.14. The molecule has 1 aromatic heterocycles. The van der Waals surface area contributed by atoms with Gasteiger partial charge in [0.2, 0.25) is 0 Å². The molecule has 4 nitrogen and oxygen atoms in total. The molecule has 0 unspecified atom stereocenters. The van der Waals surface area contributed by atoms with Crippen LogP contribution in [0.1, 0.15) is 36.1 Å². The standard InChI is InChI=1S/C15H24N2O2/c1-11-8-17-13(12(2)14(11)19-3)9-16-10-15(4-5-15)6-7-18/h8,16,18H,4-7,9-10H2,1-3H3. The number of rotatable bonds is 7. The minimum Gasteiger partial charge on any atom is -0.496 e. The molecular formula is C15H24N2O2. The van der Waals surface area contributed by atoms with Crippen molar-refractivity contribution >= 4 is 0 Å². The van der Waals surface area contributed by atoms with Gasteiger partial charge in [0.15, 0.2) is 0 Å². The fourth-order valence-electron chi connectivity index (χ4n) is 2.62. The van der Waals surface area contributed by atoms with Crippen molar-refractivity contribution in [2.75, 3.05) is 20.3 Å². The number of hydrogen-bond donors (Lipinski definition) is 2. The number of nitrogens with one attached hydrogen (secondary N) is 1. The highest BCUT2D eigenvalue weighted by atomic mass is 16.5. The van der Waals surface area contributed by atoms with Crippen LogP contribution in [0.2, 0.25) is 0 Å². The summed E-state index contributed by atoms with van der Waals surface area (Å²) in [5, 5.41) is 12.5. The van der Waals surface area contributed by atoms with Crippen LogP contribution in [0.4, 0.5) is 0 Å². The van der Waals surface area contributed by atoms with Crippen molar-refractivity contribution in [3.63, 3.8) is 0 Å². The largest absolute Gasteiger partial charge is 0.496 e. The molecule has 4 heteroatoms. The number of aliphatic hydroxyl groups excluding tert-OH is 1.